The zero-order chi connectivity index (χ0) is 18.4. The largest absolute Gasteiger partial charge is 0.387 e. The van der Waals surface area contributed by atoms with Crippen LogP contribution in [0.15, 0.2) is 30.5 Å². The van der Waals surface area contributed by atoms with Crippen LogP contribution >= 0.6 is 11.3 Å². The summed E-state index contributed by atoms with van der Waals surface area (Å²) in [7, 11) is 1.78. The number of thiophene rings is 1. The summed E-state index contributed by atoms with van der Waals surface area (Å²) < 4.78 is 5.40. The average molecular weight is 381 g/mol. The maximum Gasteiger partial charge on any atom is 0.201 e. The molecule has 1 atom stereocenters. The zero-order valence-electron chi connectivity index (χ0n) is 14.9. The van der Waals surface area contributed by atoms with Crippen LogP contribution in [-0.4, -0.2) is 43.3 Å². The van der Waals surface area contributed by atoms with Gasteiger partial charge in [0.05, 0.1) is 11.8 Å². The molecule has 1 fully saturated rings. The van der Waals surface area contributed by atoms with Crippen LogP contribution in [0.2, 0.25) is 0 Å². The Morgan fingerprint density at radius 3 is 2.93 bits per heavy atom. The van der Waals surface area contributed by atoms with E-state index in [-0.39, 0.29) is 5.92 Å². The van der Waals surface area contributed by atoms with Gasteiger partial charge in [0, 0.05) is 42.3 Å². The Labute approximate surface area is 159 Å². The van der Waals surface area contributed by atoms with Gasteiger partial charge in [-0.25, -0.2) is 9.97 Å². The molecule has 27 heavy (non-hydrogen) atoms. The van der Waals surface area contributed by atoms with E-state index < -0.39 is 6.10 Å². The molecule has 5 heterocycles. The van der Waals surface area contributed by atoms with E-state index in [1.165, 1.54) is 4.80 Å². The first-order valence-corrected chi connectivity index (χ1v) is 9.83. The van der Waals surface area contributed by atoms with Gasteiger partial charge in [-0.1, -0.05) is 0 Å². The van der Waals surface area contributed by atoms with Gasteiger partial charge in [-0.05, 0) is 43.0 Å². The maximum absolute atomic E-state index is 10.8. The van der Waals surface area contributed by atoms with Gasteiger partial charge in [0.15, 0.2) is 0 Å². The molecule has 0 unspecified atom stereocenters. The van der Waals surface area contributed by atoms with E-state index in [2.05, 4.69) is 27.3 Å². The summed E-state index contributed by atoms with van der Waals surface area (Å²) in [6.07, 6.45) is 3.13. The lowest BCUT2D eigenvalue weighted by Crippen LogP contribution is -2.21. The predicted octanol–water partition coefficient (Wildman–Crippen LogP) is 3.10. The molecule has 5 rings (SSSR count). The van der Waals surface area contributed by atoms with Crippen LogP contribution in [0.4, 0.5) is 0 Å². The second-order valence-electron chi connectivity index (χ2n) is 6.89. The summed E-state index contributed by atoms with van der Waals surface area (Å²) in [6.45, 7) is 1.46. The van der Waals surface area contributed by atoms with Gasteiger partial charge in [-0.15, -0.1) is 16.4 Å². The molecular formula is C19H19N5O2S. The second kappa shape index (κ2) is 6.63. The van der Waals surface area contributed by atoms with Crippen molar-refractivity contribution in [3.05, 3.63) is 35.3 Å². The Bertz CT molecular complexity index is 1120. The van der Waals surface area contributed by atoms with Crippen LogP contribution in [-0.2, 0) is 11.8 Å². The SMILES string of the molecule is Cn1nc2cc(-c3ccc4cc([C@@H](O)C5CCOCC5)sc4n3)cnc2n1. The van der Waals surface area contributed by atoms with Crippen molar-refractivity contribution < 1.29 is 9.84 Å². The van der Waals surface area contributed by atoms with Crippen LogP contribution in [0, 0.1) is 5.92 Å². The maximum atomic E-state index is 10.8. The third-order valence-corrected chi connectivity index (χ3v) is 6.16. The quantitative estimate of drug-likeness (QED) is 0.587. The summed E-state index contributed by atoms with van der Waals surface area (Å²) in [4.78, 5) is 12.6. The first-order chi connectivity index (χ1) is 13.2. The van der Waals surface area contributed by atoms with Gasteiger partial charge in [0.2, 0.25) is 5.65 Å². The molecule has 0 aliphatic carbocycles. The highest BCUT2D eigenvalue weighted by molar-refractivity contribution is 7.18. The van der Waals surface area contributed by atoms with E-state index in [1.54, 1.807) is 24.6 Å². The molecule has 8 heteroatoms. The number of pyridine rings is 2. The van der Waals surface area contributed by atoms with Crippen molar-refractivity contribution in [2.75, 3.05) is 13.2 Å². The number of aromatic nitrogens is 5. The lowest BCUT2D eigenvalue weighted by atomic mass is 9.93. The molecule has 1 saturated heterocycles. The Morgan fingerprint density at radius 2 is 2.07 bits per heavy atom. The van der Waals surface area contributed by atoms with Crippen LogP contribution in [0.3, 0.4) is 0 Å². The molecule has 0 aromatic carbocycles. The van der Waals surface area contributed by atoms with Crippen molar-refractivity contribution in [3.63, 3.8) is 0 Å². The summed E-state index contributed by atoms with van der Waals surface area (Å²) in [5.74, 6) is 0.259. The second-order valence-corrected chi connectivity index (χ2v) is 7.95. The molecule has 1 aliphatic rings. The number of nitrogens with zero attached hydrogens (tertiary/aromatic N) is 5. The van der Waals surface area contributed by atoms with E-state index >= 15 is 0 Å². The van der Waals surface area contributed by atoms with E-state index in [1.807, 2.05) is 12.1 Å². The predicted molar refractivity (Wildman–Crippen MR) is 103 cm³/mol. The first-order valence-electron chi connectivity index (χ1n) is 9.01. The minimum Gasteiger partial charge on any atom is -0.387 e. The van der Waals surface area contributed by atoms with E-state index in [9.17, 15) is 5.11 Å². The molecule has 0 radical (unpaired) electrons. The van der Waals surface area contributed by atoms with Crippen molar-refractivity contribution in [3.8, 4) is 11.3 Å². The average Bonchev–Trinajstić information content (AvgIpc) is 3.29. The fourth-order valence-electron chi connectivity index (χ4n) is 3.56. The van der Waals surface area contributed by atoms with Crippen LogP contribution in [0.25, 0.3) is 32.6 Å². The van der Waals surface area contributed by atoms with Crippen molar-refractivity contribution >= 4 is 32.7 Å². The highest BCUT2D eigenvalue weighted by Gasteiger charge is 2.25. The molecule has 0 bridgehead atoms. The van der Waals surface area contributed by atoms with Crippen LogP contribution in [0.1, 0.15) is 23.8 Å². The smallest absolute Gasteiger partial charge is 0.201 e. The molecular weight excluding hydrogens is 362 g/mol. The minimum atomic E-state index is -0.450. The Kier molecular flexibility index (Phi) is 4.11. The van der Waals surface area contributed by atoms with Crippen molar-refractivity contribution in [1.82, 2.24) is 25.0 Å². The van der Waals surface area contributed by atoms with Crippen LogP contribution < -0.4 is 0 Å². The standard InChI is InChI=1S/C19H19N5O2S/c1-24-22-15-8-13(10-20-18(15)23-24)14-3-2-12-9-16(27-19(12)21-14)17(25)11-4-6-26-7-5-11/h2-3,8-11,17,25H,4-7H2,1H3/t17-/m0/s1. The van der Waals surface area contributed by atoms with Crippen molar-refractivity contribution in [2.24, 2.45) is 13.0 Å². The molecule has 4 aromatic rings. The topological polar surface area (TPSA) is 86.0 Å². The Balaban J connectivity index is 1.49. The Morgan fingerprint density at radius 1 is 1.22 bits per heavy atom. The lowest BCUT2D eigenvalue weighted by Gasteiger charge is -2.25. The van der Waals surface area contributed by atoms with Crippen molar-refractivity contribution in [1.29, 1.82) is 0 Å². The number of hydrogen-bond acceptors (Lipinski definition) is 7. The molecule has 138 valence electrons. The number of fused-ring (bicyclic) bond motifs is 2. The van der Waals surface area contributed by atoms with Gasteiger partial charge >= 0.3 is 0 Å². The molecule has 0 spiro atoms. The molecule has 7 nitrogen and oxygen atoms in total. The van der Waals surface area contributed by atoms with Gasteiger partial charge in [-0.3, -0.25) is 0 Å². The highest BCUT2D eigenvalue weighted by Crippen LogP contribution is 2.37. The highest BCUT2D eigenvalue weighted by atomic mass is 32.1. The minimum absolute atomic E-state index is 0.259. The number of aryl methyl sites for hydroxylation is 1. The number of rotatable bonds is 3. The van der Waals surface area contributed by atoms with Gasteiger partial charge in [0.1, 0.15) is 10.3 Å². The number of hydrogen-bond donors (Lipinski definition) is 1. The van der Waals surface area contributed by atoms with Gasteiger partial charge in [0.25, 0.3) is 0 Å². The van der Waals surface area contributed by atoms with Gasteiger partial charge < -0.3 is 9.84 Å². The van der Waals surface area contributed by atoms with E-state index in [0.717, 1.165) is 57.9 Å². The third-order valence-electron chi connectivity index (χ3n) is 5.04. The molecule has 4 aromatic heterocycles. The summed E-state index contributed by atoms with van der Waals surface area (Å²) in [6, 6.07) is 8.05. The number of aliphatic hydroxyl groups excluding tert-OH is 1. The van der Waals surface area contributed by atoms with Crippen molar-refractivity contribution in [2.45, 2.75) is 18.9 Å². The third kappa shape index (κ3) is 3.09. The summed E-state index contributed by atoms with van der Waals surface area (Å²) in [5, 5.41) is 20.3. The van der Waals surface area contributed by atoms with Crippen LogP contribution in [0.5, 0.6) is 0 Å². The fourth-order valence-corrected chi connectivity index (χ4v) is 4.67. The molecule has 1 N–H and O–H groups in total. The van der Waals surface area contributed by atoms with Gasteiger partial charge in [-0.2, -0.15) is 9.90 Å². The fraction of sp³-hybridized carbons (Fsp3) is 0.368. The number of aliphatic hydroxyl groups is 1. The van der Waals surface area contributed by atoms with E-state index in [0.29, 0.717) is 5.65 Å². The Hall–Kier alpha value is -2.42. The zero-order valence-corrected chi connectivity index (χ0v) is 15.7. The first kappa shape index (κ1) is 16.7. The summed E-state index contributed by atoms with van der Waals surface area (Å²) >= 11 is 1.56. The lowest BCUT2D eigenvalue weighted by molar-refractivity contribution is 0.00856. The molecule has 0 amide bonds. The normalized spacial score (nSPS) is 17.0. The molecule has 1 aliphatic heterocycles. The monoisotopic (exact) mass is 381 g/mol. The molecule has 0 saturated carbocycles. The summed E-state index contributed by atoms with van der Waals surface area (Å²) in [5.41, 5.74) is 3.13. The van der Waals surface area contributed by atoms with E-state index in [4.69, 9.17) is 9.72 Å². The number of ether oxygens (including phenoxy) is 1.